The molecule has 0 saturated carbocycles. The topological polar surface area (TPSA) is 54.5 Å². The molecule has 2 heterocycles. The first-order valence-corrected chi connectivity index (χ1v) is 4.21. The van der Waals surface area contributed by atoms with Gasteiger partial charge in [-0.05, 0) is 12.1 Å². The number of nitriles is 1. The predicted octanol–water partition coefficient (Wildman–Crippen LogP) is 1.20. The van der Waals surface area contributed by atoms with Crippen LogP contribution in [0.3, 0.4) is 0 Å². The van der Waals surface area contributed by atoms with E-state index >= 15 is 0 Å². The normalized spacial score (nSPS) is 9.64. The van der Waals surface area contributed by atoms with Gasteiger partial charge in [-0.2, -0.15) is 5.26 Å². The third-order valence-electron chi connectivity index (χ3n) is 1.87. The van der Waals surface area contributed by atoms with Crippen molar-refractivity contribution in [3.63, 3.8) is 0 Å². The van der Waals surface area contributed by atoms with E-state index in [0.717, 1.165) is 5.69 Å². The number of pyridine rings is 1. The molecule has 2 aromatic heterocycles. The van der Waals surface area contributed by atoms with Crippen molar-refractivity contribution in [1.29, 1.82) is 5.26 Å². The summed E-state index contributed by atoms with van der Waals surface area (Å²) < 4.78 is 1.77. The maximum atomic E-state index is 8.73. The van der Waals surface area contributed by atoms with Crippen molar-refractivity contribution in [2.75, 3.05) is 0 Å². The molecule has 2 rings (SSSR count). The van der Waals surface area contributed by atoms with Crippen molar-refractivity contribution in [1.82, 2.24) is 14.5 Å². The number of nitrogens with zero attached hydrogens (tertiary/aromatic N) is 4. The molecule has 0 spiro atoms. The smallest absolute Gasteiger partial charge is 0.213 e. The quantitative estimate of drug-likeness (QED) is 0.704. The molecule has 0 aliphatic rings. The largest absolute Gasteiger partial charge is 0.317 e. The lowest BCUT2D eigenvalue weighted by Gasteiger charge is -2.01. The van der Waals surface area contributed by atoms with Crippen LogP contribution in [0.4, 0.5) is 0 Å². The Balaban J connectivity index is 2.24. The minimum atomic E-state index is 0.413. The average Bonchev–Trinajstić information content (AvgIpc) is 2.67. The molecular weight excluding hydrogens is 176 g/mol. The Labute approximate surface area is 81.5 Å². The van der Waals surface area contributed by atoms with Gasteiger partial charge in [-0.25, -0.2) is 4.98 Å². The van der Waals surface area contributed by atoms with Crippen LogP contribution in [0.15, 0.2) is 36.8 Å². The Kier molecular flexibility index (Phi) is 2.24. The molecule has 0 aliphatic carbocycles. The maximum absolute atomic E-state index is 8.73. The van der Waals surface area contributed by atoms with Gasteiger partial charge in [0.1, 0.15) is 6.07 Å². The van der Waals surface area contributed by atoms with E-state index in [1.165, 1.54) is 0 Å². The van der Waals surface area contributed by atoms with E-state index in [1.807, 2.05) is 24.3 Å². The zero-order chi connectivity index (χ0) is 9.80. The minimum Gasteiger partial charge on any atom is -0.317 e. The molecule has 68 valence electrons. The number of rotatable bonds is 2. The van der Waals surface area contributed by atoms with Crippen LogP contribution in [0.25, 0.3) is 0 Å². The van der Waals surface area contributed by atoms with Gasteiger partial charge in [0.2, 0.25) is 5.82 Å². The third kappa shape index (κ3) is 1.62. The van der Waals surface area contributed by atoms with Gasteiger partial charge in [0.15, 0.2) is 0 Å². The van der Waals surface area contributed by atoms with Gasteiger partial charge in [0.25, 0.3) is 0 Å². The second-order valence-electron chi connectivity index (χ2n) is 2.81. The number of hydrogen-bond donors (Lipinski definition) is 0. The molecule has 0 N–H and O–H groups in total. The summed E-state index contributed by atoms with van der Waals surface area (Å²) in [4.78, 5) is 8.08. The summed E-state index contributed by atoms with van der Waals surface area (Å²) in [5.74, 6) is 0.413. The Bertz CT molecular complexity index is 452. The first-order chi connectivity index (χ1) is 6.90. The summed E-state index contributed by atoms with van der Waals surface area (Å²) in [5.41, 5.74) is 0.919. The molecule has 0 aromatic carbocycles. The first-order valence-electron chi connectivity index (χ1n) is 4.21. The van der Waals surface area contributed by atoms with E-state index in [-0.39, 0.29) is 0 Å². The standard InChI is InChI=1S/C10H8N4/c11-7-10-13-5-6-14(10)8-9-3-1-2-4-12-9/h1-6H,8H2. The SMILES string of the molecule is N#Cc1nccn1Cc1ccccn1. The molecule has 0 amide bonds. The third-order valence-corrected chi connectivity index (χ3v) is 1.87. The second kappa shape index (κ2) is 3.71. The summed E-state index contributed by atoms with van der Waals surface area (Å²) in [6.07, 6.45) is 5.12. The predicted molar refractivity (Wildman–Crippen MR) is 50.3 cm³/mol. The van der Waals surface area contributed by atoms with Crippen LogP contribution in [-0.2, 0) is 6.54 Å². The van der Waals surface area contributed by atoms with Crippen LogP contribution >= 0.6 is 0 Å². The Morgan fingerprint density at radius 1 is 1.29 bits per heavy atom. The van der Waals surface area contributed by atoms with Crippen LogP contribution in [0, 0.1) is 11.3 Å². The van der Waals surface area contributed by atoms with Crippen molar-refractivity contribution in [3.05, 3.63) is 48.3 Å². The van der Waals surface area contributed by atoms with E-state index in [4.69, 9.17) is 5.26 Å². The highest BCUT2D eigenvalue weighted by atomic mass is 15.1. The zero-order valence-corrected chi connectivity index (χ0v) is 7.46. The summed E-state index contributed by atoms with van der Waals surface area (Å²) in [5, 5.41) is 8.73. The van der Waals surface area contributed by atoms with Crippen molar-refractivity contribution in [3.8, 4) is 6.07 Å². The summed E-state index contributed by atoms with van der Waals surface area (Å²) in [6, 6.07) is 7.72. The summed E-state index contributed by atoms with van der Waals surface area (Å²) in [7, 11) is 0. The summed E-state index contributed by atoms with van der Waals surface area (Å²) in [6.45, 7) is 0.587. The molecule has 0 fully saturated rings. The van der Waals surface area contributed by atoms with Gasteiger partial charge in [-0.15, -0.1) is 0 Å². The lowest BCUT2D eigenvalue weighted by Crippen LogP contribution is -2.02. The zero-order valence-electron chi connectivity index (χ0n) is 7.46. The molecule has 0 saturated heterocycles. The van der Waals surface area contributed by atoms with Gasteiger partial charge in [0.05, 0.1) is 12.2 Å². The van der Waals surface area contributed by atoms with E-state index in [9.17, 15) is 0 Å². The van der Waals surface area contributed by atoms with E-state index < -0.39 is 0 Å². The van der Waals surface area contributed by atoms with Crippen molar-refractivity contribution in [2.24, 2.45) is 0 Å². The molecule has 4 heteroatoms. The van der Waals surface area contributed by atoms with Crippen LogP contribution in [-0.4, -0.2) is 14.5 Å². The van der Waals surface area contributed by atoms with Gasteiger partial charge in [-0.3, -0.25) is 4.98 Å². The number of aromatic nitrogens is 3. The van der Waals surface area contributed by atoms with Gasteiger partial charge >= 0.3 is 0 Å². The molecule has 0 atom stereocenters. The average molecular weight is 184 g/mol. The monoisotopic (exact) mass is 184 g/mol. The van der Waals surface area contributed by atoms with Crippen LogP contribution < -0.4 is 0 Å². The fourth-order valence-electron chi connectivity index (χ4n) is 1.22. The lowest BCUT2D eigenvalue weighted by molar-refractivity contribution is 0.760. The molecule has 0 aliphatic heterocycles. The van der Waals surface area contributed by atoms with E-state index in [1.54, 1.807) is 23.2 Å². The second-order valence-corrected chi connectivity index (χ2v) is 2.81. The van der Waals surface area contributed by atoms with Crippen molar-refractivity contribution >= 4 is 0 Å². The van der Waals surface area contributed by atoms with Crippen molar-refractivity contribution in [2.45, 2.75) is 6.54 Å². The Hall–Kier alpha value is -2.15. The molecule has 2 aromatic rings. The van der Waals surface area contributed by atoms with Gasteiger partial charge in [0, 0.05) is 18.6 Å². The molecule has 14 heavy (non-hydrogen) atoms. The van der Waals surface area contributed by atoms with Crippen LogP contribution in [0.2, 0.25) is 0 Å². The summed E-state index contributed by atoms with van der Waals surface area (Å²) >= 11 is 0. The maximum Gasteiger partial charge on any atom is 0.213 e. The highest BCUT2D eigenvalue weighted by molar-refractivity contribution is 5.14. The first kappa shape index (κ1) is 8.45. The van der Waals surface area contributed by atoms with Gasteiger partial charge in [-0.1, -0.05) is 6.07 Å². The fourth-order valence-corrected chi connectivity index (χ4v) is 1.22. The molecule has 4 nitrogen and oxygen atoms in total. The Morgan fingerprint density at radius 2 is 2.21 bits per heavy atom. The van der Waals surface area contributed by atoms with Gasteiger partial charge < -0.3 is 4.57 Å². The fraction of sp³-hybridized carbons (Fsp3) is 0.100. The molecule has 0 unspecified atom stereocenters. The molecule has 0 bridgehead atoms. The minimum absolute atomic E-state index is 0.413. The number of hydrogen-bond acceptors (Lipinski definition) is 3. The van der Waals surface area contributed by atoms with E-state index in [0.29, 0.717) is 12.4 Å². The van der Waals surface area contributed by atoms with Crippen LogP contribution in [0.5, 0.6) is 0 Å². The van der Waals surface area contributed by atoms with Crippen molar-refractivity contribution < 1.29 is 0 Å². The highest BCUT2D eigenvalue weighted by Gasteiger charge is 2.01. The molecular formula is C10H8N4. The molecule has 0 radical (unpaired) electrons. The lowest BCUT2D eigenvalue weighted by atomic mass is 10.3. The Morgan fingerprint density at radius 3 is 2.93 bits per heavy atom. The highest BCUT2D eigenvalue weighted by Crippen LogP contribution is 2.01. The van der Waals surface area contributed by atoms with Crippen LogP contribution in [0.1, 0.15) is 11.5 Å². The number of imidazole rings is 1. The van der Waals surface area contributed by atoms with E-state index in [2.05, 4.69) is 9.97 Å².